The van der Waals surface area contributed by atoms with Gasteiger partial charge in [-0.15, -0.1) is 0 Å². The molecule has 0 aliphatic heterocycles. The highest BCUT2D eigenvalue weighted by atomic mass is 16.5. The third-order valence-electron chi connectivity index (χ3n) is 4.04. The molecule has 144 valence electrons. The van der Waals surface area contributed by atoms with Gasteiger partial charge >= 0.3 is 0 Å². The van der Waals surface area contributed by atoms with Crippen molar-refractivity contribution in [2.24, 2.45) is 0 Å². The number of methoxy groups -OCH3 is 1. The summed E-state index contributed by atoms with van der Waals surface area (Å²) in [4.78, 5) is 24.9. The van der Waals surface area contributed by atoms with Gasteiger partial charge in [0.15, 0.2) is 6.10 Å². The quantitative estimate of drug-likeness (QED) is 0.700. The number of hydrogen-bond acceptors (Lipinski definition) is 4. The number of para-hydroxylation sites is 1. The van der Waals surface area contributed by atoms with E-state index in [1.807, 2.05) is 32.0 Å². The molecule has 0 radical (unpaired) electrons. The van der Waals surface area contributed by atoms with Crippen molar-refractivity contribution >= 4 is 17.5 Å². The Morgan fingerprint density at radius 3 is 2.59 bits per heavy atom. The molecule has 0 fully saturated rings. The van der Waals surface area contributed by atoms with Gasteiger partial charge in [0.05, 0.1) is 17.9 Å². The van der Waals surface area contributed by atoms with E-state index in [0.717, 1.165) is 11.1 Å². The lowest BCUT2D eigenvalue weighted by Crippen LogP contribution is -2.32. The van der Waals surface area contributed by atoms with Gasteiger partial charge in [-0.25, -0.2) is 0 Å². The number of rotatable bonds is 8. The van der Waals surface area contributed by atoms with Crippen molar-refractivity contribution < 1.29 is 19.1 Å². The first-order valence-electron chi connectivity index (χ1n) is 8.83. The van der Waals surface area contributed by atoms with Crippen molar-refractivity contribution in [3.8, 4) is 5.75 Å². The summed E-state index contributed by atoms with van der Waals surface area (Å²) in [7, 11) is 1.57. The lowest BCUT2D eigenvalue weighted by Gasteiger charge is -2.18. The summed E-state index contributed by atoms with van der Waals surface area (Å²) in [6.45, 7) is 6.39. The van der Waals surface area contributed by atoms with Crippen LogP contribution in [0.15, 0.2) is 42.5 Å². The molecule has 2 N–H and O–H groups in total. The minimum absolute atomic E-state index is 0.272. The lowest BCUT2D eigenvalue weighted by atomic mass is 10.1. The number of hydrogen-bond donors (Lipinski definition) is 2. The number of nitrogens with one attached hydrogen (secondary N) is 2. The normalized spacial score (nSPS) is 11.6. The molecule has 0 heterocycles. The molecule has 0 saturated heterocycles. The van der Waals surface area contributed by atoms with Gasteiger partial charge in [0.2, 0.25) is 0 Å². The fraction of sp³-hybridized carbons (Fsp3) is 0.333. The predicted octanol–water partition coefficient (Wildman–Crippen LogP) is 3.09. The van der Waals surface area contributed by atoms with E-state index in [2.05, 4.69) is 10.6 Å². The molecule has 0 aromatic heterocycles. The van der Waals surface area contributed by atoms with Crippen LogP contribution in [-0.2, 0) is 9.53 Å². The predicted molar refractivity (Wildman–Crippen MR) is 105 cm³/mol. The van der Waals surface area contributed by atoms with Crippen LogP contribution < -0.4 is 15.4 Å². The molecule has 0 spiro atoms. The van der Waals surface area contributed by atoms with E-state index in [1.54, 1.807) is 38.3 Å². The fourth-order valence-corrected chi connectivity index (χ4v) is 2.46. The summed E-state index contributed by atoms with van der Waals surface area (Å²) in [5.41, 5.74) is 2.84. The van der Waals surface area contributed by atoms with Crippen LogP contribution in [0.25, 0.3) is 0 Å². The van der Waals surface area contributed by atoms with Crippen LogP contribution in [0.3, 0.4) is 0 Å². The third-order valence-corrected chi connectivity index (χ3v) is 4.04. The van der Waals surface area contributed by atoms with Crippen LogP contribution in [0.2, 0.25) is 0 Å². The van der Waals surface area contributed by atoms with Crippen molar-refractivity contribution in [2.75, 3.05) is 25.6 Å². The minimum atomic E-state index is -0.713. The van der Waals surface area contributed by atoms with Crippen LogP contribution >= 0.6 is 0 Å². The standard InChI is InChI=1S/C21H26N2O4/c1-14-9-10-15(2)19(13-14)27-16(3)20(24)23-18-8-6-5-7-17(18)21(25)22-11-12-26-4/h5-10,13,16H,11-12H2,1-4H3,(H,22,25)(H,23,24)/t16-/m0/s1. The zero-order valence-corrected chi connectivity index (χ0v) is 16.2. The van der Waals surface area contributed by atoms with Gasteiger partial charge in [0, 0.05) is 13.7 Å². The topological polar surface area (TPSA) is 76.7 Å². The van der Waals surface area contributed by atoms with E-state index in [0.29, 0.717) is 30.2 Å². The van der Waals surface area contributed by atoms with Gasteiger partial charge in [-0.3, -0.25) is 9.59 Å². The molecular formula is C21H26N2O4. The molecule has 2 rings (SSSR count). The first-order valence-corrected chi connectivity index (χ1v) is 8.83. The monoisotopic (exact) mass is 370 g/mol. The summed E-state index contributed by atoms with van der Waals surface area (Å²) >= 11 is 0. The number of benzene rings is 2. The molecule has 0 bridgehead atoms. The maximum absolute atomic E-state index is 12.6. The van der Waals surface area contributed by atoms with Crippen LogP contribution in [-0.4, -0.2) is 38.2 Å². The van der Waals surface area contributed by atoms with Crippen molar-refractivity contribution in [3.63, 3.8) is 0 Å². The second kappa shape index (κ2) is 9.73. The number of anilines is 1. The second-order valence-electron chi connectivity index (χ2n) is 6.31. The highest BCUT2D eigenvalue weighted by Gasteiger charge is 2.19. The Labute approximate surface area is 159 Å². The number of amides is 2. The highest BCUT2D eigenvalue weighted by Crippen LogP contribution is 2.21. The summed E-state index contributed by atoms with van der Waals surface area (Å²) in [5, 5.41) is 5.53. The summed E-state index contributed by atoms with van der Waals surface area (Å²) in [6, 6.07) is 12.7. The fourth-order valence-electron chi connectivity index (χ4n) is 2.46. The Kier molecular flexibility index (Phi) is 7.37. The molecule has 6 nitrogen and oxygen atoms in total. The average Bonchev–Trinajstić information content (AvgIpc) is 2.65. The second-order valence-corrected chi connectivity index (χ2v) is 6.31. The number of carbonyl (C=O) groups is 2. The van der Waals surface area contributed by atoms with Crippen molar-refractivity contribution in [1.29, 1.82) is 0 Å². The van der Waals surface area contributed by atoms with E-state index < -0.39 is 6.10 Å². The molecule has 1 atom stereocenters. The van der Waals surface area contributed by atoms with Gasteiger partial charge in [0.25, 0.3) is 11.8 Å². The highest BCUT2D eigenvalue weighted by molar-refractivity contribution is 6.04. The molecule has 27 heavy (non-hydrogen) atoms. The van der Waals surface area contributed by atoms with Crippen LogP contribution in [0.5, 0.6) is 5.75 Å². The molecule has 6 heteroatoms. The Morgan fingerprint density at radius 2 is 1.85 bits per heavy atom. The average molecular weight is 370 g/mol. The van der Waals surface area contributed by atoms with Gasteiger partial charge in [-0.2, -0.15) is 0 Å². The molecular weight excluding hydrogens is 344 g/mol. The van der Waals surface area contributed by atoms with Crippen molar-refractivity contribution in [2.45, 2.75) is 26.9 Å². The van der Waals surface area contributed by atoms with Gasteiger partial charge in [-0.05, 0) is 50.1 Å². The van der Waals surface area contributed by atoms with E-state index in [9.17, 15) is 9.59 Å². The lowest BCUT2D eigenvalue weighted by molar-refractivity contribution is -0.122. The molecule has 0 aliphatic carbocycles. The summed E-state index contributed by atoms with van der Waals surface area (Å²) in [6.07, 6.45) is -0.713. The first kappa shape index (κ1) is 20.5. The van der Waals surface area contributed by atoms with E-state index in [-0.39, 0.29) is 11.8 Å². The zero-order valence-electron chi connectivity index (χ0n) is 16.2. The smallest absolute Gasteiger partial charge is 0.265 e. The maximum Gasteiger partial charge on any atom is 0.265 e. The molecule has 0 saturated carbocycles. The molecule has 0 aliphatic rings. The first-order chi connectivity index (χ1) is 12.9. The minimum Gasteiger partial charge on any atom is -0.481 e. The maximum atomic E-state index is 12.6. The van der Waals surface area contributed by atoms with Gasteiger partial charge in [0.1, 0.15) is 5.75 Å². The molecule has 0 unspecified atom stereocenters. The van der Waals surface area contributed by atoms with E-state index in [4.69, 9.17) is 9.47 Å². The van der Waals surface area contributed by atoms with Crippen molar-refractivity contribution in [3.05, 3.63) is 59.2 Å². The van der Waals surface area contributed by atoms with E-state index >= 15 is 0 Å². The molecule has 2 amide bonds. The summed E-state index contributed by atoms with van der Waals surface area (Å²) in [5.74, 6) is 0.0716. The summed E-state index contributed by atoms with van der Waals surface area (Å²) < 4.78 is 10.7. The Balaban J connectivity index is 2.06. The van der Waals surface area contributed by atoms with Crippen LogP contribution in [0.1, 0.15) is 28.4 Å². The van der Waals surface area contributed by atoms with Crippen molar-refractivity contribution in [1.82, 2.24) is 5.32 Å². The van der Waals surface area contributed by atoms with E-state index in [1.165, 1.54) is 0 Å². The number of carbonyl (C=O) groups excluding carboxylic acids is 2. The van der Waals surface area contributed by atoms with Crippen LogP contribution in [0, 0.1) is 13.8 Å². The Morgan fingerprint density at radius 1 is 1.11 bits per heavy atom. The third kappa shape index (κ3) is 5.82. The SMILES string of the molecule is COCCNC(=O)c1ccccc1NC(=O)[C@H](C)Oc1cc(C)ccc1C. The number of aryl methyl sites for hydroxylation is 2. The molecule has 2 aromatic rings. The Hall–Kier alpha value is -2.86. The largest absolute Gasteiger partial charge is 0.481 e. The van der Waals surface area contributed by atoms with Gasteiger partial charge in [-0.1, -0.05) is 24.3 Å². The molecule has 2 aromatic carbocycles. The zero-order chi connectivity index (χ0) is 19.8. The van der Waals surface area contributed by atoms with Gasteiger partial charge < -0.3 is 20.1 Å². The van der Waals surface area contributed by atoms with Crippen LogP contribution in [0.4, 0.5) is 5.69 Å². The number of ether oxygens (including phenoxy) is 2. The Bertz CT molecular complexity index is 805.